The van der Waals surface area contributed by atoms with Crippen LogP contribution in [-0.2, 0) is 0 Å². The number of amides is 1. The lowest BCUT2D eigenvalue weighted by Crippen LogP contribution is -2.40. The molecule has 1 aromatic carbocycles. The molecule has 1 saturated carbocycles. The highest BCUT2D eigenvalue weighted by atomic mass is 79.9. The van der Waals surface area contributed by atoms with E-state index in [-0.39, 0.29) is 11.3 Å². The van der Waals surface area contributed by atoms with Crippen molar-refractivity contribution in [3.63, 3.8) is 0 Å². The van der Waals surface area contributed by atoms with E-state index in [0.717, 1.165) is 11.0 Å². The van der Waals surface area contributed by atoms with Crippen molar-refractivity contribution in [2.24, 2.45) is 5.41 Å². The van der Waals surface area contributed by atoms with Crippen LogP contribution in [0.3, 0.4) is 0 Å². The highest BCUT2D eigenvalue weighted by Gasteiger charge is 2.32. The van der Waals surface area contributed by atoms with Crippen LogP contribution in [0.15, 0.2) is 22.7 Å². The highest BCUT2D eigenvalue weighted by molar-refractivity contribution is 9.10. The van der Waals surface area contributed by atoms with Crippen molar-refractivity contribution in [2.45, 2.75) is 26.2 Å². The van der Waals surface area contributed by atoms with Crippen molar-refractivity contribution in [3.8, 4) is 0 Å². The minimum atomic E-state index is -0.0931. The SMILES string of the molecule is CC1(CNC(=O)c2cccc(Br)c2Cl)CCC1. The van der Waals surface area contributed by atoms with Crippen LogP contribution in [0.1, 0.15) is 36.5 Å². The minimum Gasteiger partial charge on any atom is -0.351 e. The Hall–Kier alpha value is -0.540. The van der Waals surface area contributed by atoms with Crippen LogP contribution >= 0.6 is 27.5 Å². The average Bonchev–Trinajstić information content (AvgIpc) is 2.27. The summed E-state index contributed by atoms with van der Waals surface area (Å²) in [7, 11) is 0. The second-order valence-corrected chi connectivity index (χ2v) is 6.18. The third-order valence-corrected chi connectivity index (χ3v) is 4.73. The molecule has 1 N–H and O–H groups in total. The summed E-state index contributed by atoms with van der Waals surface area (Å²) < 4.78 is 0.752. The maximum atomic E-state index is 12.0. The standard InChI is InChI=1S/C13H15BrClNO/c1-13(6-3-7-13)8-16-12(17)9-4-2-5-10(14)11(9)15/h2,4-5H,3,6-8H2,1H3,(H,16,17). The molecule has 1 aliphatic carbocycles. The number of hydrogen-bond acceptors (Lipinski definition) is 1. The molecule has 0 bridgehead atoms. The lowest BCUT2D eigenvalue weighted by atomic mass is 9.70. The first kappa shape index (κ1) is 12.9. The van der Waals surface area contributed by atoms with E-state index in [1.807, 2.05) is 12.1 Å². The van der Waals surface area contributed by atoms with Crippen molar-refractivity contribution in [1.82, 2.24) is 5.32 Å². The summed E-state index contributed by atoms with van der Waals surface area (Å²) in [5.41, 5.74) is 0.817. The van der Waals surface area contributed by atoms with Gasteiger partial charge in [-0.05, 0) is 46.3 Å². The first-order valence-electron chi connectivity index (χ1n) is 5.74. The largest absolute Gasteiger partial charge is 0.351 e. The number of carbonyl (C=O) groups excluding carboxylic acids is 1. The third-order valence-electron chi connectivity index (χ3n) is 3.43. The Morgan fingerprint density at radius 1 is 1.53 bits per heavy atom. The fourth-order valence-corrected chi connectivity index (χ4v) is 2.60. The number of carbonyl (C=O) groups is 1. The van der Waals surface area contributed by atoms with Gasteiger partial charge in [-0.2, -0.15) is 0 Å². The Morgan fingerprint density at radius 3 is 2.82 bits per heavy atom. The predicted molar refractivity (Wildman–Crippen MR) is 73.4 cm³/mol. The normalized spacial score (nSPS) is 17.4. The van der Waals surface area contributed by atoms with Crippen molar-refractivity contribution in [1.29, 1.82) is 0 Å². The molecule has 4 heteroatoms. The van der Waals surface area contributed by atoms with E-state index in [9.17, 15) is 4.79 Å². The van der Waals surface area contributed by atoms with Gasteiger partial charge in [0.2, 0.25) is 0 Å². The molecule has 0 atom stereocenters. The molecule has 0 aliphatic heterocycles. The molecule has 0 radical (unpaired) electrons. The van der Waals surface area contributed by atoms with Gasteiger partial charge in [-0.15, -0.1) is 0 Å². The van der Waals surface area contributed by atoms with Gasteiger partial charge in [0.05, 0.1) is 10.6 Å². The van der Waals surface area contributed by atoms with Gasteiger partial charge in [-0.3, -0.25) is 4.79 Å². The Bertz CT molecular complexity index is 443. The van der Waals surface area contributed by atoms with E-state index in [4.69, 9.17) is 11.6 Å². The maximum Gasteiger partial charge on any atom is 0.252 e. The molecule has 92 valence electrons. The first-order valence-corrected chi connectivity index (χ1v) is 6.91. The number of halogens is 2. The van der Waals surface area contributed by atoms with Crippen LogP contribution < -0.4 is 5.32 Å². The summed E-state index contributed by atoms with van der Waals surface area (Å²) in [4.78, 5) is 12.0. The summed E-state index contributed by atoms with van der Waals surface area (Å²) in [6, 6.07) is 5.38. The Balaban J connectivity index is 2.02. The summed E-state index contributed by atoms with van der Waals surface area (Å²) in [6.45, 7) is 2.94. The zero-order valence-electron chi connectivity index (χ0n) is 9.72. The van der Waals surface area contributed by atoms with Gasteiger partial charge >= 0.3 is 0 Å². The van der Waals surface area contributed by atoms with Crippen LogP contribution in [0.2, 0.25) is 5.02 Å². The van der Waals surface area contributed by atoms with E-state index in [2.05, 4.69) is 28.2 Å². The quantitative estimate of drug-likeness (QED) is 0.896. The molecule has 0 spiro atoms. The van der Waals surface area contributed by atoms with Crippen LogP contribution in [0, 0.1) is 5.41 Å². The molecule has 1 aromatic rings. The zero-order chi connectivity index (χ0) is 12.5. The fourth-order valence-electron chi connectivity index (χ4n) is 2.03. The predicted octanol–water partition coefficient (Wildman–Crippen LogP) is 4.02. The summed E-state index contributed by atoms with van der Waals surface area (Å²) in [6.07, 6.45) is 3.66. The number of hydrogen-bond donors (Lipinski definition) is 1. The van der Waals surface area contributed by atoms with E-state index >= 15 is 0 Å². The number of nitrogens with one attached hydrogen (secondary N) is 1. The van der Waals surface area contributed by atoms with Crippen molar-refractivity contribution >= 4 is 33.4 Å². The first-order chi connectivity index (χ1) is 8.02. The third kappa shape index (κ3) is 2.83. The Morgan fingerprint density at radius 2 is 2.24 bits per heavy atom. The molecule has 0 unspecified atom stereocenters. The smallest absolute Gasteiger partial charge is 0.252 e. The van der Waals surface area contributed by atoms with Gasteiger partial charge in [0.25, 0.3) is 5.91 Å². The van der Waals surface area contributed by atoms with Gasteiger partial charge in [0.1, 0.15) is 0 Å². The maximum absolute atomic E-state index is 12.0. The van der Waals surface area contributed by atoms with E-state index in [0.29, 0.717) is 10.6 Å². The van der Waals surface area contributed by atoms with Gasteiger partial charge in [-0.1, -0.05) is 31.0 Å². The van der Waals surface area contributed by atoms with Gasteiger partial charge in [0.15, 0.2) is 0 Å². The summed E-state index contributed by atoms with van der Waals surface area (Å²) in [5, 5.41) is 3.44. The van der Waals surface area contributed by atoms with E-state index in [1.54, 1.807) is 6.07 Å². The Labute approximate surface area is 115 Å². The Kier molecular flexibility index (Phi) is 3.79. The van der Waals surface area contributed by atoms with E-state index < -0.39 is 0 Å². The second kappa shape index (κ2) is 4.99. The molecule has 0 aromatic heterocycles. The van der Waals surface area contributed by atoms with Crippen molar-refractivity contribution < 1.29 is 4.79 Å². The molecule has 1 amide bonds. The van der Waals surface area contributed by atoms with Crippen LogP contribution in [0.4, 0.5) is 0 Å². The number of benzene rings is 1. The molecule has 0 saturated heterocycles. The summed E-state index contributed by atoms with van der Waals surface area (Å²) >= 11 is 9.40. The van der Waals surface area contributed by atoms with E-state index in [1.165, 1.54) is 19.3 Å². The van der Waals surface area contributed by atoms with Gasteiger partial charge < -0.3 is 5.32 Å². The highest BCUT2D eigenvalue weighted by Crippen LogP contribution is 2.39. The molecule has 1 fully saturated rings. The molecule has 0 heterocycles. The monoisotopic (exact) mass is 315 g/mol. The zero-order valence-corrected chi connectivity index (χ0v) is 12.1. The lowest BCUT2D eigenvalue weighted by molar-refractivity contribution is 0.0891. The topological polar surface area (TPSA) is 29.1 Å². The van der Waals surface area contributed by atoms with Crippen LogP contribution in [0.25, 0.3) is 0 Å². The lowest BCUT2D eigenvalue weighted by Gasteiger charge is -2.38. The van der Waals surface area contributed by atoms with Crippen molar-refractivity contribution in [3.05, 3.63) is 33.3 Å². The molecule has 2 rings (SSSR count). The molecular formula is C13H15BrClNO. The fraction of sp³-hybridized carbons (Fsp3) is 0.462. The van der Waals surface area contributed by atoms with Gasteiger partial charge in [0, 0.05) is 11.0 Å². The number of rotatable bonds is 3. The molecule has 2 nitrogen and oxygen atoms in total. The minimum absolute atomic E-state index is 0.0931. The van der Waals surface area contributed by atoms with Crippen LogP contribution in [0.5, 0.6) is 0 Å². The molecule has 17 heavy (non-hydrogen) atoms. The molecular weight excluding hydrogens is 302 g/mol. The second-order valence-electron chi connectivity index (χ2n) is 4.95. The van der Waals surface area contributed by atoms with Gasteiger partial charge in [-0.25, -0.2) is 0 Å². The summed E-state index contributed by atoms with van der Waals surface area (Å²) in [5.74, 6) is -0.0931. The molecule has 1 aliphatic rings. The van der Waals surface area contributed by atoms with Crippen LogP contribution in [-0.4, -0.2) is 12.5 Å². The van der Waals surface area contributed by atoms with Crippen molar-refractivity contribution in [2.75, 3.05) is 6.54 Å². The average molecular weight is 317 g/mol.